The van der Waals surface area contributed by atoms with Gasteiger partial charge in [0.05, 0.1) is 29.2 Å². The standard InChI is InChI=1S/C19H21N3O/c1-12(19-21-15-9-5-6-10-16(15)22(19)2)20-18-14-8-4-3-7-13(14)11-17(18)23/h3-10,12,17-18,20,23H,11H2,1-2H3. The van der Waals surface area contributed by atoms with E-state index < -0.39 is 0 Å². The Hall–Kier alpha value is -2.17. The summed E-state index contributed by atoms with van der Waals surface area (Å²) in [6.07, 6.45) is 0.327. The summed E-state index contributed by atoms with van der Waals surface area (Å²) in [4.78, 5) is 4.75. The molecule has 2 N–H and O–H groups in total. The highest BCUT2D eigenvalue weighted by Crippen LogP contribution is 2.33. The molecular formula is C19H21N3O. The molecule has 3 aromatic rings. The van der Waals surface area contributed by atoms with Crippen molar-refractivity contribution in [1.82, 2.24) is 14.9 Å². The summed E-state index contributed by atoms with van der Waals surface area (Å²) in [7, 11) is 2.04. The summed E-state index contributed by atoms with van der Waals surface area (Å²) in [6, 6.07) is 16.4. The molecular weight excluding hydrogens is 286 g/mol. The number of para-hydroxylation sites is 2. The number of rotatable bonds is 3. The maximum absolute atomic E-state index is 10.4. The molecule has 0 saturated carbocycles. The number of hydrogen-bond acceptors (Lipinski definition) is 3. The second kappa shape index (κ2) is 5.48. The lowest BCUT2D eigenvalue weighted by Gasteiger charge is -2.23. The zero-order valence-electron chi connectivity index (χ0n) is 13.4. The Morgan fingerprint density at radius 1 is 1.17 bits per heavy atom. The molecule has 0 saturated heterocycles. The average molecular weight is 307 g/mol. The van der Waals surface area contributed by atoms with E-state index in [4.69, 9.17) is 4.98 Å². The third-order valence-corrected chi connectivity index (χ3v) is 4.84. The van der Waals surface area contributed by atoms with Crippen LogP contribution >= 0.6 is 0 Å². The normalized spacial score (nSPS) is 21.5. The lowest BCUT2D eigenvalue weighted by molar-refractivity contribution is 0.135. The van der Waals surface area contributed by atoms with E-state index in [0.717, 1.165) is 16.9 Å². The van der Waals surface area contributed by atoms with E-state index in [1.807, 2.05) is 37.4 Å². The first-order chi connectivity index (χ1) is 11.1. The molecule has 3 unspecified atom stereocenters. The molecule has 2 aromatic carbocycles. The zero-order valence-corrected chi connectivity index (χ0v) is 13.4. The van der Waals surface area contributed by atoms with Crippen LogP contribution in [0.2, 0.25) is 0 Å². The van der Waals surface area contributed by atoms with Crippen LogP contribution in [0.1, 0.15) is 36.0 Å². The van der Waals surface area contributed by atoms with Crippen molar-refractivity contribution < 1.29 is 5.11 Å². The Bertz CT molecular complexity index is 855. The van der Waals surface area contributed by atoms with Gasteiger partial charge in [-0.1, -0.05) is 36.4 Å². The summed E-state index contributed by atoms with van der Waals surface area (Å²) in [5.41, 5.74) is 4.56. The molecule has 23 heavy (non-hydrogen) atoms. The lowest BCUT2D eigenvalue weighted by atomic mass is 10.1. The fourth-order valence-electron chi connectivity index (χ4n) is 3.67. The van der Waals surface area contributed by atoms with Gasteiger partial charge in [0.2, 0.25) is 0 Å². The Labute approximate surface area is 135 Å². The summed E-state index contributed by atoms with van der Waals surface area (Å²) in [5.74, 6) is 0.989. The number of aromatic nitrogens is 2. The predicted octanol–water partition coefficient (Wildman–Crippen LogP) is 2.88. The van der Waals surface area contributed by atoms with E-state index in [2.05, 4.69) is 35.0 Å². The Kier molecular flexibility index (Phi) is 3.43. The van der Waals surface area contributed by atoms with Crippen LogP contribution in [0.5, 0.6) is 0 Å². The van der Waals surface area contributed by atoms with Gasteiger partial charge < -0.3 is 9.67 Å². The minimum atomic E-state index is -0.385. The first-order valence-electron chi connectivity index (χ1n) is 8.08. The van der Waals surface area contributed by atoms with Crippen LogP contribution in [0.25, 0.3) is 11.0 Å². The maximum Gasteiger partial charge on any atom is 0.126 e. The van der Waals surface area contributed by atoms with Gasteiger partial charge in [0.25, 0.3) is 0 Å². The molecule has 0 radical (unpaired) electrons. The molecule has 1 aliphatic carbocycles. The van der Waals surface area contributed by atoms with E-state index in [0.29, 0.717) is 6.42 Å². The number of aryl methyl sites for hydroxylation is 1. The largest absolute Gasteiger partial charge is 0.391 e. The maximum atomic E-state index is 10.4. The highest BCUT2D eigenvalue weighted by Gasteiger charge is 2.32. The van der Waals surface area contributed by atoms with E-state index in [9.17, 15) is 5.11 Å². The van der Waals surface area contributed by atoms with Gasteiger partial charge in [-0.05, 0) is 30.2 Å². The lowest BCUT2D eigenvalue weighted by Crippen LogP contribution is -2.32. The Balaban J connectivity index is 1.65. The van der Waals surface area contributed by atoms with E-state index in [1.54, 1.807) is 0 Å². The van der Waals surface area contributed by atoms with Crippen LogP contribution in [0.3, 0.4) is 0 Å². The fraction of sp³-hybridized carbons (Fsp3) is 0.316. The highest BCUT2D eigenvalue weighted by molar-refractivity contribution is 5.75. The van der Waals surface area contributed by atoms with Crippen LogP contribution in [-0.4, -0.2) is 20.8 Å². The fourth-order valence-corrected chi connectivity index (χ4v) is 3.67. The van der Waals surface area contributed by atoms with Gasteiger partial charge in [0.1, 0.15) is 5.82 Å². The van der Waals surface area contributed by atoms with Crippen molar-refractivity contribution in [2.75, 3.05) is 0 Å². The molecule has 4 heteroatoms. The predicted molar refractivity (Wildman–Crippen MR) is 91.2 cm³/mol. The summed E-state index contributed by atoms with van der Waals surface area (Å²) >= 11 is 0. The van der Waals surface area contributed by atoms with Gasteiger partial charge in [-0.15, -0.1) is 0 Å². The van der Waals surface area contributed by atoms with E-state index in [1.165, 1.54) is 11.1 Å². The SMILES string of the molecule is CC(NC1c2ccccc2CC1O)c1nc2ccccc2n1C. The van der Waals surface area contributed by atoms with Crippen molar-refractivity contribution in [2.24, 2.45) is 7.05 Å². The van der Waals surface area contributed by atoms with Crippen molar-refractivity contribution in [3.05, 3.63) is 65.5 Å². The molecule has 1 aliphatic rings. The van der Waals surface area contributed by atoms with Crippen molar-refractivity contribution in [1.29, 1.82) is 0 Å². The van der Waals surface area contributed by atoms with Crippen LogP contribution in [0.4, 0.5) is 0 Å². The Morgan fingerprint density at radius 2 is 1.91 bits per heavy atom. The molecule has 3 atom stereocenters. The van der Waals surface area contributed by atoms with Crippen molar-refractivity contribution >= 4 is 11.0 Å². The number of benzene rings is 2. The first-order valence-corrected chi connectivity index (χ1v) is 8.08. The topological polar surface area (TPSA) is 50.1 Å². The average Bonchev–Trinajstić information content (AvgIpc) is 3.06. The van der Waals surface area contributed by atoms with Crippen molar-refractivity contribution in [3.63, 3.8) is 0 Å². The molecule has 4 rings (SSSR count). The third kappa shape index (κ3) is 2.35. The van der Waals surface area contributed by atoms with Gasteiger partial charge in [-0.3, -0.25) is 5.32 Å². The van der Waals surface area contributed by atoms with Crippen molar-refractivity contribution in [2.45, 2.75) is 31.5 Å². The number of fused-ring (bicyclic) bond motifs is 2. The van der Waals surface area contributed by atoms with E-state index >= 15 is 0 Å². The molecule has 0 bridgehead atoms. The number of imidazole rings is 1. The first kappa shape index (κ1) is 14.4. The third-order valence-electron chi connectivity index (χ3n) is 4.84. The smallest absolute Gasteiger partial charge is 0.126 e. The number of nitrogens with zero attached hydrogens (tertiary/aromatic N) is 2. The molecule has 0 amide bonds. The molecule has 118 valence electrons. The van der Waals surface area contributed by atoms with Gasteiger partial charge >= 0.3 is 0 Å². The van der Waals surface area contributed by atoms with Crippen LogP contribution < -0.4 is 5.32 Å². The van der Waals surface area contributed by atoms with E-state index in [-0.39, 0.29) is 18.2 Å². The summed E-state index contributed by atoms with van der Waals surface area (Å²) in [6.45, 7) is 2.11. The second-order valence-electron chi connectivity index (χ2n) is 6.35. The van der Waals surface area contributed by atoms with Crippen LogP contribution in [0.15, 0.2) is 48.5 Å². The number of aliphatic hydroxyl groups is 1. The van der Waals surface area contributed by atoms with Crippen LogP contribution in [0, 0.1) is 0 Å². The molecule has 4 nitrogen and oxygen atoms in total. The summed E-state index contributed by atoms with van der Waals surface area (Å²) in [5, 5.41) is 14.0. The quantitative estimate of drug-likeness (QED) is 0.782. The van der Waals surface area contributed by atoms with Gasteiger partial charge in [-0.25, -0.2) is 4.98 Å². The minimum absolute atomic E-state index is 0.0407. The summed E-state index contributed by atoms with van der Waals surface area (Å²) < 4.78 is 2.13. The molecule has 1 aromatic heterocycles. The number of aliphatic hydroxyl groups excluding tert-OH is 1. The molecule has 1 heterocycles. The molecule has 0 spiro atoms. The monoisotopic (exact) mass is 307 g/mol. The number of hydrogen-bond donors (Lipinski definition) is 2. The van der Waals surface area contributed by atoms with Gasteiger partial charge in [0, 0.05) is 13.5 Å². The minimum Gasteiger partial charge on any atom is -0.391 e. The van der Waals surface area contributed by atoms with Crippen LogP contribution in [-0.2, 0) is 13.5 Å². The molecule has 0 aliphatic heterocycles. The highest BCUT2D eigenvalue weighted by atomic mass is 16.3. The van der Waals surface area contributed by atoms with Gasteiger partial charge in [-0.2, -0.15) is 0 Å². The second-order valence-corrected chi connectivity index (χ2v) is 6.35. The van der Waals surface area contributed by atoms with Crippen molar-refractivity contribution in [3.8, 4) is 0 Å². The Morgan fingerprint density at radius 3 is 2.74 bits per heavy atom. The molecule has 0 fully saturated rings. The number of nitrogens with one attached hydrogen (secondary N) is 1. The zero-order chi connectivity index (χ0) is 16.0. The van der Waals surface area contributed by atoms with Gasteiger partial charge in [0.15, 0.2) is 0 Å².